The molecule has 0 aliphatic heterocycles. The van der Waals surface area contributed by atoms with Gasteiger partial charge in [0.25, 0.3) is 0 Å². The van der Waals surface area contributed by atoms with Crippen molar-refractivity contribution in [2.24, 2.45) is 11.3 Å². The maximum absolute atomic E-state index is 5.18. The standard InChI is InChI=1S/C14H25NO/c1-16-10-9-14(7-8-14)12-15-11-13-5-3-2-4-6-13/h2-3,13,15H,4-12H2,1H3. The Morgan fingerprint density at radius 3 is 2.88 bits per heavy atom. The Morgan fingerprint density at radius 2 is 2.25 bits per heavy atom. The summed E-state index contributed by atoms with van der Waals surface area (Å²) in [6.07, 6.45) is 12.6. The molecule has 1 fully saturated rings. The summed E-state index contributed by atoms with van der Waals surface area (Å²) >= 11 is 0. The number of allylic oxidation sites excluding steroid dienone is 2. The van der Waals surface area contributed by atoms with Crippen molar-refractivity contribution in [1.29, 1.82) is 0 Å². The lowest BCUT2D eigenvalue weighted by Crippen LogP contribution is -2.30. The van der Waals surface area contributed by atoms with Gasteiger partial charge in [0.2, 0.25) is 0 Å². The van der Waals surface area contributed by atoms with E-state index in [9.17, 15) is 0 Å². The largest absolute Gasteiger partial charge is 0.385 e. The minimum absolute atomic E-state index is 0.598. The molecule has 0 radical (unpaired) electrons. The van der Waals surface area contributed by atoms with Gasteiger partial charge in [-0.3, -0.25) is 0 Å². The fraction of sp³-hybridized carbons (Fsp3) is 0.857. The van der Waals surface area contributed by atoms with Crippen LogP contribution in [0.25, 0.3) is 0 Å². The zero-order valence-corrected chi connectivity index (χ0v) is 10.5. The molecule has 0 spiro atoms. The van der Waals surface area contributed by atoms with Gasteiger partial charge in [0.15, 0.2) is 0 Å². The van der Waals surface area contributed by atoms with Crippen molar-refractivity contribution in [3.05, 3.63) is 12.2 Å². The molecule has 2 heteroatoms. The van der Waals surface area contributed by atoms with Crippen LogP contribution in [0.4, 0.5) is 0 Å². The molecule has 0 heterocycles. The zero-order chi connectivity index (χ0) is 11.3. The van der Waals surface area contributed by atoms with Gasteiger partial charge in [0.05, 0.1) is 0 Å². The van der Waals surface area contributed by atoms with Crippen LogP contribution in [-0.4, -0.2) is 26.8 Å². The first-order valence-corrected chi connectivity index (χ1v) is 6.69. The van der Waals surface area contributed by atoms with Crippen molar-refractivity contribution >= 4 is 0 Å². The highest BCUT2D eigenvalue weighted by molar-refractivity contribution is 4.95. The highest BCUT2D eigenvalue weighted by atomic mass is 16.5. The fourth-order valence-electron chi connectivity index (χ4n) is 2.59. The van der Waals surface area contributed by atoms with E-state index in [1.165, 1.54) is 51.6 Å². The van der Waals surface area contributed by atoms with E-state index in [0.717, 1.165) is 12.5 Å². The van der Waals surface area contributed by atoms with Crippen LogP contribution >= 0.6 is 0 Å². The molecule has 2 aliphatic rings. The molecule has 0 saturated heterocycles. The van der Waals surface area contributed by atoms with E-state index < -0.39 is 0 Å². The van der Waals surface area contributed by atoms with Crippen LogP contribution in [0.2, 0.25) is 0 Å². The second kappa shape index (κ2) is 5.83. The quantitative estimate of drug-likeness (QED) is 0.670. The molecule has 2 rings (SSSR count). The Morgan fingerprint density at radius 1 is 1.38 bits per heavy atom. The normalized spacial score (nSPS) is 26.9. The molecule has 2 aliphatic carbocycles. The van der Waals surface area contributed by atoms with Crippen LogP contribution in [0.5, 0.6) is 0 Å². The zero-order valence-electron chi connectivity index (χ0n) is 10.5. The van der Waals surface area contributed by atoms with Crippen molar-refractivity contribution in [1.82, 2.24) is 5.32 Å². The van der Waals surface area contributed by atoms with E-state index in [1.54, 1.807) is 7.11 Å². The summed E-state index contributed by atoms with van der Waals surface area (Å²) in [6.45, 7) is 3.34. The molecular formula is C14H25NO. The summed E-state index contributed by atoms with van der Waals surface area (Å²) in [7, 11) is 1.80. The summed E-state index contributed by atoms with van der Waals surface area (Å²) in [5.41, 5.74) is 0.598. The average molecular weight is 223 g/mol. The van der Waals surface area contributed by atoms with Crippen molar-refractivity contribution < 1.29 is 4.74 Å². The first kappa shape index (κ1) is 12.1. The SMILES string of the molecule is COCCC1(CNCC2CC=CCC2)CC1. The highest BCUT2D eigenvalue weighted by Gasteiger charge is 2.41. The molecule has 0 aromatic rings. The van der Waals surface area contributed by atoms with E-state index in [2.05, 4.69) is 17.5 Å². The lowest BCUT2D eigenvalue weighted by molar-refractivity contribution is 0.170. The Hall–Kier alpha value is -0.340. The lowest BCUT2D eigenvalue weighted by Gasteiger charge is -2.21. The van der Waals surface area contributed by atoms with Crippen molar-refractivity contribution in [2.75, 3.05) is 26.8 Å². The highest BCUT2D eigenvalue weighted by Crippen LogP contribution is 2.48. The molecule has 1 atom stereocenters. The summed E-state index contributed by atoms with van der Waals surface area (Å²) in [4.78, 5) is 0. The topological polar surface area (TPSA) is 21.3 Å². The lowest BCUT2D eigenvalue weighted by atomic mass is 9.94. The number of methoxy groups -OCH3 is 1. The summed E-state index contributed by atoms with van der Waals surface area (Å²) in [5, 5.41) is 3.68. The summed E-state index contributed by atoms with van der Waals surface area (Å²) in [6, 6.07) is 0. The van der Waals surface area contributed by atoms with Crippen molar-refractivity contribution in [2.45, 2.75) is 38.5 Å². The molecule has 92 valence electrons. The number of ether oxygens (including phenoxy) is 1. The van der Waals surface area contributed by atoms with Crippen LogP contribution < -0.4 is 5.32 Å². The van der Waals surface area contributed by atoms with E-state index in [-0.39, 0.29) is 0 Å². The third-order valence-corrected chi connectivity index (χ3v) is 4.10. The molecule has 1 N–H and O–H groups in total. The molecule has 16 heavy (non-hydrogen) atoms. The number of hydrogen-bond acceptors (Lipinski definition) is 2. The van der Waals surface area contributed by atoms with Gasteiger partial charge >= 0.3 is 0 Å². The van der Waals surface area contributed by atoms with Crippen molar-refractivity contribution in [3.8, 4) is 0 Å². The predicted molar refractivity (Wildman–Crippen MR) is 67.5 cm³/mol. The minimum atomic E-state index is 0.598. The number of rotatable bonds is 7. The third-order valence-electron chi connectivity index (χ3n) is 4.10. The van der Waals surface area contributed by atoms with Gasteiger partial charge in [-0.2, -0.15) is 0 Å². The molecule has 2 nitrogen and oxygen atoms in total. The first-order valence-electron chi connectivity index (χ1n) is 6.69. The van der Waals surface area contributed by atoms with Crippen LogP contribution in [-0.2, 0) is 4.74 Å². The van der Waals surface area contributed by atoms with Gasteiger partial charge in [-0.25, -0.2) is 0 Å². The van der Waals surface area contributed by atoms with E-state index in [0.29, 0.717) is 5.41 Å². The Kier molecular flexibility index (Phi) is 4.42. The Labute approximate surface area is 99.4 Å². The molecular weight excluding hydrogens is 198 g/mol. The average Bonchev–Trinajstić information content (AvgIpc) is 3.09. The third kappa shape index (κ3) is 3.60. The van der Waals surface area contributed by atoms with Gasteiger partial charge in [0.1, 0.15) is 0 Å². The Bertz CT molecular complexity index is 233. The molecule has 0 amide bonds. The summed E-state index contributed by atoms with van der Waals surface area (Å²) in [5.74, 6) is 0.878. The summed E-state index contributed by atoms with van der Waals surface area (Å²) < 4.78 is 5.18. The van der Waals surface area contributed by atoms with E-state index >= 15 is 0 Å². The second-order valence-corrected chi connectivity index (χ2v) is 5.52. The molecule has 0 aromatic heterocycles. The molecule has 0 aromatic carbocycles. The van der Waals surface area contributed by atoms with Gasteiger partial charge in [-0.1, -0.05) is 12.2 Å². The van der Waals surface area contributed by atoms with Crippen LogP contribution in [0, 0.1) is 11.3 Å². The van der Waals surface area contributed by atoms with Crippen LogP contribution in [0.3, 0.4) is 0 Å². The molecule has 1 unspecified atom stereocenters. The maximum Gasteiger partial charge on any atom is 0.0468 e. The van der Waals surface area contributed by atoms with Crippen LogP contribution in [0.15, 0.2) is 12.2 Å². The Balaban J connectivity index is 1.58. The van der Waals surface area contributed by atoms with E-state index in [4.69, 9.17) is 4.74 Å². The van der Waals surface area contributed by atoms with Gasteiger partial charge in [0, 0.05) is 20.3 Å². The predicted octanol–water partition coefficient (Wildman–Crippen LogP) is 2.75. The second-order valence-electron chi connectivity index (χ2n) is 5.52. The van der Waals surface area contributed by atoms with Crippen molar-refractivity contribution in [3.63, 3.8) is 0 Å². The number of hydrogen-bond donors (Lipinski definition) is 1. The number of nitrogens with one attached hydrogen (secondary N) is 1. The van der Waals surface area contributed by atoms with Gasteiger partial charge in [-0.05, 0) is 56.4 Å². The first-order chi connectivity index (χ1) is 7.85. The van der Waals surface area contributed by atoms with Gasteiger partial charge < -0.3 is 10.1 Å². The monoisotopic (exact) mass is 223 g/mol. The van der Waals surface area contributed by atoms with E-state index in [1.807, 2.05) is 0 Å². The van der Waals surface area contributed by atoms with Crippen LogP contribution in [0.1, 0.15) is 38.5 Å². The van der Waals surface area contributed by atoms with Gasteiger partial charge in [-0.15, -0.1) is 0 Å². The molecule has 0 bridgehead atoms. The minimum Gasteiger partial charge on any atom is -0.385 e. The smallest absolute Gasteiger partial charge is 0.0468 e. The maximum atomic E-state index is 5.18. The molecule has 1 saturated carbocycles. The fourth-order valence-corrected chi connectivity index (χ4v) is 2.59.